The number of halogens is 2. The van der Waals surface area contributed by atoms with Crippen molar-refractivity contribution in [1.82, 2.24) is 0 Å². The quantitative estimate of drug-likeness (QED) is 0.270. The molecule has 1 aliphatic heterocycles. The van der Waals surface area contributed by atoms with E-state index >= 15 is 0 Å². The minimum Gasteiger partial charge on any atom is -0.478 e. The molecule has 0 fully saturated rings. The second-order valence-corrected chi connectivity index (χ2v) is 13.1. The first-order valence-electron chi connectivity index (χ1n) is 13.1. The van der Waals surface area contributed by atoms with Crippen molar-refractivity contribution in [2.75, 3.05) is 0 Å². The number of hydrogen-bond donors (Lipinski definition) is 1. The molecule has 0 bridgehead atoms. The number of benzene rings is 3. The van der Waals surface area contributed by atoms with Gasteiger partial charge in [0.25, 0.3) is 0 Å². The molecular formula is C34H30Cl2O3. The van der Waals surface area contributed by atoms with E-state index in [4.69, 9.17) is 27.9 Å². The van der Waals surface area contributed by atoms with Crippen LogP contribution in [0.2, 0.25) is 10.0 Å². The Morgan fingerprint density at radius 1 is 0.846 bits per heavy atom. The highest BCUT2D eigenvalue weighted by Crippen LogP contribution is 2.46. The maximum atomic E-state index is 12.6. The number of fused-ring (bicyclic) bond motifs is 4. The molecular weight excluding hydrogens is 527 g/mol. The Morgan fingerprint density at radius 2 is 1.54 bits per heavy atom. The van der Waals surface area contributed by atoms with Gasteiger partial charge in [0.15, 0.2) is 0 Å². The molecule has 0 unspecified atom stereocenters. The van der Waals surface area contributed by atoms with E-state index in [1.165, 1.54) is 17.2 Å². The molecule has 0 saturated carbocycles. The van der Waals surface area contributed by atoms with Crippen LogP contribution in [0.4, 0.5) is 0 Å². The largest absolute Gasteiger partial charge is 0.478 e. The fraction of sp³-hybridized carbons (Fsp3) is 0.265. The molecule has 1 heterocycles. The Bertz CT molecular complexity index is 1820. The maximum absolute atomic E-state index is 12.6. The molecule has 0 spiro atoms. The number of hydrogen-bond acceptors (Lipinski definition) is 2. The highest BCUT2D eigenvalue weighted by Gasteiger charge is 2.32. The van der Waals surface area contributed by atoms with E-state index < -0.39 is 5.97 Å². The molecule has 5 heteroatoms. The highest BCUT2D eigenvalue weighted by atomic mass is 35.5. The Morgan fingerprint density at radius 3 is 2.26 bits per heavy atom. The van der Waals surface area contributed by atoms with Gasteiger partial charge in [0.05, 0.1) is 10.6 Å². The summed E-state index contributed by atoms with van der Waals surface area (Å²) < 4.78 is 6.64. The topological polar surface area (TPSA) is 46.5 Å². The van der Waals surface area contributed by atoms with E-state index in [9.17, 15) is 9.90 Å². The van der Waals surface area contributed by atoms with Crippen LogP contribution in [-0.2, 0) is 6.42 Å². The smallest absolute Gasteiger partial charge is 0.337 e. The lowest BCUT2D eigenvalue weighted by atomic mass is 9.75. The van der Waals surface area contributed by atoms with Gasteiger partial charge in [0.2, 0.25) is 0 Å². The number of rotatable bonds is 2. The second-order valence-electron chi connectivity index (χ2n) is 12.3. The van der Waals surface area contributed by atoms with Crippen molar-refractivity contribution in [1.29, 1.82) is 0 Å². The summed E-state index contributed by atoms with van der Waals surface area (Å²) in [5, 5.41) is 12.6. The molecule has 2 aliphatic carbocycles. The van der Waals surface area contributed by atoms with E-state index in [2.05, 4.69) is 84.0 Å². The van der Waals surface area contributed by atoms with Crippen molar-refractivity contribution in [3.8, 4) is 11.5 Å². The molecule has 0 atom stereocenters. The number of carboxylic acids is 1. The molecule has 0 saturated heterocycles. The molecule has 39 heavy (non-hydrogen) atoms. The third kappa shape index (κ3) is 4.23. The summed E-state index contributed by atoms with van der Waals surface area (Å²) in [5.41, 5.74) is 7.63. The molecule has 3 nitrogen and oxygen atoms in total. The van der Waals surface area contributed by atoms with Gasteiger partial charge in [-0.1, -0.05) is 69.1 Å². The molecule has 3 aromatic rings. The van der Waals surface area contributed by atoms with Crippen molar-refractivity contribution in [3.63, 3.8) is 0 Å². The zero-order chi connectivity index (χ0) is 28.0. The molecule has 0 aromatic heterocycles. The van der Waals surface area contributed by atoms with E-state index in [-0.39, 0.29) is 21.4 Å². The Labute approximate surface area is 238 Å². The standard InChI is InChI=1S/C34H30Cl2O3/c1-17-13-33(3,4)15-19-9-27-23(11-21(17)19)29(30-25(35)7-8-26(36)31(30)32(37)38)24-12-22-18(2)14-34(5,6)16-20(22)10-28(24)39-27/h7-15H,16H2,1-6H3,(H,37,38). The maximum Gasteiger partial charge on any atom is 0.337 e. The molecule has 198 valence electrons. The molecule has 0 amide bonds. The normalized spacial score (nSPS) is 17.9. The fourth-order valence-electron chi connectivity index (χ4n) is 6.57. The first-order chi connectivity index (χ1) is 18.2. The average molecular weight is 558 g/mol. The van der Waals surface area contributed by atoms with Crippen LogP contribution in [0.15, 0.2) is 48.6 Å². The van der Waals surface area contributed by atoms with Crippen LogP contribution in [0.3, 0.4) is 0 Å². The molecule has 3 aromatic carbocycles. The van der Waals surface area contributed by atoms with Crippen molar-refractivity contribution in [2.45, 2.75) is 48.0 Å². The summed E-state index contributed by atoms with van der Waals surface area (Å²) in [5.74, 6) is 0.239. The van der Waals surface area contributed by atoms with E-state index in [0.717, 1.165) is 44.7 Å². The van der Waals surface area contributed by atoms with E-state index in [1.54, 1.807) is 6.07 Å². The first kappa shape index (κ1) is 26.0. The third-order valence-electron chi connectivity index (χ3n) is 7.90. The summed E-state index contributed by atoms with van der Waals surface area (Å²) >= 11 is 13.3. The molecule has 0 radical (unpaired) electrons. The minimum atomic E-state index is -1.13. The predicted octanol–water partition coefficient (Wildman–Crippen LogP) is 8.25. The van der Waals surface area contributed by atoms with Gasteiger partial charge in [0.1, 0.15) is 11.5 Å². The molecule has 1 N–H and O–H groups in total. The van der Waals surface area contributed by atoms with Gasteiger partial charge < -0.3 is 9.84 Å². The van der Waals surface area contributed by atoms with Crippen molar-refractivity contribution >= 4 is 52.0 Å². The minimum absolute atomic E-state index is 0.0123. The van der Waals surface area contributed by atoms with Crippen molar-refractivity contribution in [3.05, 3.63) is 102 Å². The Hall–Kier alpha value is -3.27. The molecule has 3 aliphatic rings. The lowest BCUT2D eigenvalue weighted by Crippen LogP contribution is -2.27. The van der Waals surface area contributed by atoms with Crippen molar-refractivity contribution in [2.24, 2.45) is 10.8 Å². The van der Waals surface area contributed by atoms with Gasteiger partial charge in [-0.2, -0.15) is 0 Å². The zero-order valence-electron chi connectivity index (χ0n) is 22.9. The monoisotopic (exact) mass is 556 g/mol. The van der Waals surface area contributed by atoms with Crippen LogP contribution in [0.25, 0.3) is 22.8 Å². The van der Waals surface area contributed by atoms with Gasteiger partial charge in [-0.3, -0.25) is 0 Å². The Kier molecular flexibility index (Phi) is 5.74. The predicted molar refractivity (Wildman–Crippen MR) is 160 cm³/mol. The van der Waals surface area contributed by atoms with Crippen LogP contribution in [0.5, 0.6) is 11.5 Å². The second kappa shape index (κ2) is 8.61. The summed E-state index contributed by atoms with van der Waals surface area (Å²) in [6.45, 7) is 13.1. The van der Waals surface area contributed by atoms with Gasteiger partial charge in [0, 0.05) is 32.4 Å². The van der Waals surface area contributed by atoms with Gasteiger partial charge in [-0.05, 0) is 95.1 Å². The summed E-state index contributed by atoms with van der Waals surface area (Å²) in [6, 6.07) is 11.6. The number of carbonyl (C=O) groups is 1. The number of allylic oxidation sites excluding steroid dienone is 4. The zero-order valence-corrected chi connectivity index (χ0v) is 24.4. The highest BCUT2D eigenvalue weighted by molar-refractivity contribution is 6.37. The van der Waals surface area contributed by atoms with Crippen LogP contribution in [0.1, 0.15) is 79.7 Å². The SMILES string of the molecule is CC1=CC(C)(C)Cc2cc3c(cc21)C(c1c(Cl)ccc(Cl)c1C(=O)O)=c1cc2c(cc1O3)=CC(C)(C)C=C2C. The van der Waals surface area contributed by atoms with Gasteiger partial charge >= 0.3 is 5.97 Å². The number of ether oxygens (including phenoxy) is 1. The van der Waals surface area contributed by atoms with E-state index in [1.807, 2.05) is 0 Å². The van der Waals surface area contributed by atoms with Crippen LogP contribution in [-0.4, -0.2) is 11.1 Å². The lowest BCUT2D eigenvalue weighted by Gasteiger charge is -2.32. The number of aromatic carboxylic acids is 1. The average Bonchev–Trinajstić information content (AvgIpc) is 2.80. The fourth-order valence-corrected chi connectivity index (χ4v) is 7.06. The van der Waals surface area contributed by atoms with Crippen LogP contribution < -0.4 is 15.2 Å². The lowest BCUT2D eigenvalue weighted by molar-refractivity contribution is 0.0696. The number of carboxylic acid groups (broad SMARTS) is 1. The van der Waals surface area contributed by atoms with Crippen LogP contribution in [0, 0.1) is 10.8 Å². The van der Waals surface area contributed by atoms with E-state index in [0.29, 0.717) is 22.1 Å². The Balaban J connectivity index is 1.78. The van der Waals surface area contributed by atoms with Gasteiger partial charge in [-0.25, -0.2) is 4.79 Å². The summed E-state index contributed by atoms with van der Waals surface area (Å²) in [7, 11) is 0. The van der Waals surface area contributed by atoms with Gasteiger partial charge in [-0.15, -0.1) is 0 Å². The first-order valence-corrected chi connectivity index (χ1v) is 13.9. The third-order valence-corrected chi connectivity index (χ3v) is 8.53. The van der Waals surface area contributed by atoms with Crippen molar-refractivity contribution < 1.29 is 14.6 Å². The summed E-state index contributed by atoms with van der Waals surface area (Å²) in [4.78, 5) is 12.6. The summed E-state index contributed by atoms with van der Waals surface area (Å²) in [6.07, 6.45) is 7.68. The van der Waals surface area contributed by atoms with Crippen LogP contribution >= 0.6 is 23.2 Å². The molecule has 6 rings (SSSR count).